The summed E-state index contributed by atoms with van der Waals surface area (Å²) in [4.78, 5) is 72.2. The Morgan fingerprint density at radius 1 is 0.891 bits per heavy atom. The fourth-order valence-corrected chi connectivity index (χ4v) is 4.07. The summed E-state index contributed by atoms with van der Waals surface area (Å²) in [7, 11) is 0. The molecule has 2 rings (SSSR count). The molecule has 2 atom stereocenters. The Bertz CT molecular complexity index is 1350. The van der Waals surface area contributed by atoms with Crippen LogP contribution in [0, 0.1) is 22.0 Å². The molecule has 250 valence electrons. The smallest absolute Gasteiger partial charge is 0.429 e. The number of rotatable bonds is 17. The SMILES string of the molecule is CC(C)CCC(=O)NC(C(=O)N[C@@H](CCCNC(N)=O)C(=O)Nc1ccc(COC(=O)Oc2ccc([N+](=O)[O-])cc2)cc1)C(C)C. The van der Waals surface area contributed by atoms with Crippen LogP contribution in [0.15, 0.2) is 48.5 Å². The zero-order chi connectivity index (χ0) is 34.2. The minimum absolute atomic E-state index is 0.0777. The van der Waals surface area contributed by atoms with Gasteiger partial charge in [-0.2, -0.15) is 0 Å². The molecule has 0 spiro atoms. The second-order valence-electron chi connectivity index (χ2n) is 11.3. The number of primary amides is 1. The third kappa shape index (κ3) is 13.6. The van der Waals surface area contributed by atoms with Gasteiger partial charge in [0.05, 0.1) is 4.92 Å². The summed E-state index contributed by atoms with van der Waals surface area (Å²) in [6.45, 7) is 7.63. The van der Waals surface area contributed by atoms with Crippen LogP contribution < -0.4 is 31.7 Å². The minimum Gasteiger partial charge on any atom is -0.429 e. The maximum absolute atomic E-state index is 13.3. The molecule has 6 N–H and O–H groups in total. The topological polar surface area (TPSA) is 221 Å². The fourth-order valence-electron chi connectivity index (χ4n) is 4.07. The Hall–Kier alpha value is -5.21. The average molecular weight is 643 g/mol. The van der Waals surface area contributed by atoms with E-state index in [4.69, 9.17) is 15.2 Å². The molecule has 2 aromatic carbocycles. The van der Waals surface area contributed by atoms with E-state index >= 15 is 0 Å². The molecular formula is C31H42N6O9. The number of amides is 5. The van der Waals surface area contributed by atoms with E-state index in [2.05, 4.69) is 21.3 Å². The molecule has 0 aliphatic carbocycles. The van der Waals surface area contributed by atoms with Crippen molar-refractivity contribution in [1.29, 1.82) is 0 Å². The lowest BCUT2D eigenvalue weighted by atomic mass is 10.0. The molecule has 0 aliphatic rings. The second-order valence-corrected chi connectivity index (χ2v) is 11.3. The third-order valence-corrected chi connectivity index (χ3v) is 6.64. The number of non-ortho nitro benzene ring substituents is 1. The van der Waals surface area contributed by atoms with Crippen molar-refractivity contribution in [2.75, 3.05) is 11.9 Å². The van der Waals surface area contributed by atoms with Crippen LogP contribution >= 0.6 is 0 Å². The first kappa shape index (κ1) is 37.0. The molecule has 0 radical (unpaired) electrons. The number of hydrogen-bond acceptors (Lipinski definition) is 9. The molecule has 0 aliphatic heterocycles. The number of nitro groups is 1. The van der Waals surface area contributed by atoms with Gasteiger partial charge in [0.25, 0.3) is 5.69 Å². The van der Waals surface area contributed by atoms with Gasteiger partial charge in [-0.25, -0.2) is 9.59 Å². The zero-order valence-electron chi connectivity index (χ0n) is 26.4. The van der Waals surface area contributed by atoms with Gasteiger partial charge in [0, 0.05) is 30.8 Å². The van der Waals surface area contributed by atoms with Gasteiger partial charge < -0.3 is 36.5 Å². The molecule has 0 saturated carbocycles. The summed E-state index contributed by atoms with van der Waals surface area (Å²) in [6, 6.07) is 8.76. The number of urea groups is 1. The molecule has 0 heterocycles. The van der Waals surface area contributed by atoms with E-state index in [-0.39, 0.29) is 49.3 Å². The van der Waals surface area contributed by atoms with Gasteiger partial charge in [-0.05, 0) is 60.9 Å². The predicted octanol–water partition coefficient (Wildman–Crippen LogP) is 3.76. The first-order valence-electron chi connectivity index (χ1n) is 14.9. The highest BCUT2D eigenvalue weighted by molar-refractivity contribution is 5.98. The summed E-state index contributed by atoms with van der Waals surface area (Å²) in [5, 5.41) is 21.4. The molecule has 0 fully saturated rings. The molecule has 0 bridgehead atoms. The predicted molar refractivity (Wildman–Crippen MR) is 169 cm³/mol. The van der Waals surface area contributed by atoms with Crippen LogP contribution in [0.2, 0.25) is 0 Å². The van der Waals surface area contributed by atoms with Crippen molar-refractivity contribution >= 4 is 41.3 Å². The van der Waals surface area contributed by atoms with Gasteiger partial charge in [0.15, 0.2) is 0 Å². The number of nitrogens with zero attached hydrogens (tertiary/aromatic N) is 1. The zero-order valence-corrected chi connectivity index (χ0v) is 26.4. The largest absolute Gasteiger partial charge is 0.514 e. The second kappa shape index (κ2) is 18.6. The van der Waals surface area contributed by atoms with Gasteiger partial charge in [-0.1, -0.05) is 39.8 Å². The lowest BCUT2D eigenvalue weighted by Gasteiger charge is -2.25. The summed E-state index contributed by atoms with van der Waals surface area (Å²) in [5.74, 6) is -1.12. The molecule has 5 amide bonds. The normalized spacial score (nSPS) is 12.0. The van der Waals surface area contributed by atoms with Crippen LogP contribution in [0.4, 0.5) is 21.0 Å². The quantitative estimate of drug-likeness (QED) is 0.0556. The Kier molecular flexibility index (Phi) is 14.9. The van der Waals surface area contributed by atoms with E-state index in [1.54, 1.807) is 38.1 Å². The van der Waals surface area contributed by atoms with Gasteiger partial charge >= 0.3 is 12.2 Å². The molecule has 0 saturated heterocycles. The summed E-state index contributed by atoms with van der Waals surface area (Å²) in [5.41, 5.74) is 5.95. The molecule has 15 nitrogen and oxygen atoms in total. The minimum atomic E-state index is -1.01. The average Bonchev–Trinajstić information content (AvgIpc) is 2.99. The third-order valence-electron chi connectivity index (χ3n) is 6.64. The van der Waals surface area contributed by atoms with Crippen LogP contribution in [0.3, 0.4) is 0 Å². The van der Waals surface area contributed by atoms with E-state index in [1.165, 1.54) is 24.3 Å². The maximum Gasteiger partial charge on any atom is 0.514 e. The summed E-state index contributed by atoms with van der Waals surface area (Å²) < 4.78 is 10.1. The van der Waals surface area contributed by atoms with Crippen LogP contribution in [0.5, 0.6) is 5.75 Å². The van der Waals surface area contributed by atoms with Gasteiger partial charge in [-0.15, -0.1) is 0 Å². The van der Waals surface area contributed by atoms with Crippen LogP contribution in [-0.2, 0) is 25.7 Å². The van der Waals surface area contributed by atoms with E-state index < -0.39 is 41.0 Å². The lowest BCUT2D eigenvalue weighted by molar-refractivity contribution is -0.384. The maximum atomic E-state index is 13.3. The Balaban J connectivity index is 2.00. The number of nitrogens with one attached hydrogen (secondary N) is 4. The van der Waals surface area contributed by atoms with Crippen LogP contribution in [0.1, 0.15) is 58.9 Å². The van der Waals surface area contributed by atoms with Crippen molar-refractivity contribution in [3.05, 3.63) is 64.2 Å². The van der Waals surface area contributed by atoms with Crippen LogP contribution in [0.25, 0.3) is 0 Å². The van der Waals surface area contributed by atoms with E-state index in [0.717, 1.165) is 0 Å². The number of carbonyl (C=O) groups excluding carboxylic acids is 5. The monoisotopic (exact) mass is 642 g/mol. The lowest BCUT2D eigenvalue weighted by Crippen LogP contribution is -2.54. The Morgan fingerprint density at radius 3 is 2.11 bits per heavy atom. The molecule has 46 heavy (non-hydrogen) atoms. The van der Waals surface area contributed by atoms with Crippen molar-refractivity contribution < 1.29 is 38.4 Å². The number of carbonyl (C=O) groups is 5. The number of anilines is 1. The Morgan fingerprint density at radius 2 is 1.54 bits per heavy atom. The van der Waals surface area contributed by atoms with E-state index in [1.807, 2.05) is 13.8 Å². The fraction of sp³-hybridized carbons (Fsp3) is 0.452. The van der Waals surface area contributed by atoms with Gasteiger partial charge in [0.2, 0.25) is 17.7 Å². The van der Waals surface area contributed by atoms with Crippen molar-refractivity contribution in [2.45, 2.75) is 72.1 Å². The van der Waals surface area contributed by atoms with Crippen molar-refractivity contribution in [1.82, 2.24) is 16.0 Å². The van der Waals surface area contributed by atoms with E-state index in [0.29, 0.717) is 30.0 Å². The van der Waals surface area contributed by atoms with E-state index in [9.17, 15) is 34.1 Å². The van der Waals surface area contributed by atoms with Crippen molar-refractivity contribution in [3.63, 3.8) is 0 Å². The number of nitro benzene ring substituents is 1. The summed E-state index contributed by atoms with van der Waals surface area (Å²) >= 11 is 0. The highest BCUT2D eigenvalue weighted by Crippen LogP contribution is 2.18. The molecule has 0 aromatic heterocycles. The number of hydrogen-bond donors (Lipinski definition) is 5. The molecule has 1 unspecified atom stereocenters. The number of benzene rings is 2. The standard InChI is InChI=1S/C31H42N6O9/c1-19(2)7-16-26(38)36-27(20(3)4)29(40)35-25(6-5-17-33-30(32)41)28(39)34-22-10-8-21(9-11-22)18-45-31(42)46-24-14-12-23(13-15-24)37(43)44/h8-15,19-20,25,27H,5-7,16-18H2,1-4H3,(H,34,39)(H,35,40)(H,36,38)(H3,32,33,41)/t25-,27?/m0/s1. The highest BCUT2D eigenvalue weighted by atomic mass is 16.7. The Labute approximate surface area is 267 Å². The highest BCUT2D eigenvalue weighted by Gasteiger charge is 2.29. The van der Waals surface area contributed by atoms with Gasteiger partial charge in [-0.3, -0.25) is 24.5 Å². The summed E-state index contributed by atoms with van der Waals surface area (Å²) in [6.07, 6.45) is 0.450. The van der Waals surface area contributed by atoms with Crippen molar-refractivity contribution in [3.8, 4) is 5.75 Å². The number of nitrogens with two attached hydrogens (primary N) is 1. The first-order chi connectivity index (χ1) is 21.7. The molecule has 15 heteroatoms. The van der Waals surface area contributed by atoms with Gasteiger partial charge in [0.1, 0.15) is 24.4 Å². The molecular weight excluding hydrogens is 600 g/mol. The van der Waals surface area contributed by atoms with Crippen molar-refractivity contribution in [2.24, 2.45) is 17.6 Å². The van der Waals surface area contributed by atoms with Crippen LogP contribution in [-0.4, -0.2) is 53.5 Å². The molecule has 2 aromatic rings. The number of ether oxygens (including phenoxy) is 2. The first-order valence-corrected chi connectivity index (χ1v) is 14.9.